The Balaban J connectivity index is 1.37. The van der Waals surface area contributed by atoms with Crippen LogP contribution in [-0.2, 0) is 16.4 Å². The number of likely N-dealkylation sites (tertiary alicyclic amines) is 1. The Hall–Kier alpha value is -1.65. The molecule has 8 nitrogen and oxygen atoms in total. The van der Waals surface area contributed by atoms with Gasteiger partial charge in [0.15, 0.2) is 15.6 Å². The number of sulfone groups is 1. The third-order valence-corrected chi connectivity index (χ3v) is 8.51. The number of carbonyl (C=O) groups excluding carboxylic acids is 1. The smallest absolute Gasteiger partial charge is 0.277 e. The first-order valence-electron chi connectivity index (χ1n) is 10.4. The highest BCUT2D eigenvalue weighted by atomic mass is 32.2. The maximum atomic E-state index is 12.8. The molecule has 0 N–H and O–H groups in total. The van der Waals surface area contributed by atoms with E-state index in [4.69, 9.17) is 4.42 Å². The molecule has 0 aromatic carbocycles. The van der Waals surface area contributed by atoms with Gasteiger partial charge in [-0.2, -0.15) is 0 Å². The van der Waals surface area contributed by atoms with Crippen LogP contribution >= 0.6 is 11.8 Å². The summed E-state index contributed by atoms with van der Waals surface area (Å²) in [6.45, 7) is 6.58. The number of Topliss-reactive ketones (excluding diaryl/α,β-unsaturated/α-hetero) is 1. The summed E-state index contributed by atoms with van der Waals surface area (Å²) in [5, 5.41) is 8.59. The van der Waals surface area contributed by atoms with Gasteiger partial charge < -0.3 is 8.98 Å². The molecule has 0 saturated carbocycles. The van der Waals surface area contributed by atoms with Crippen molar-refractivity contribution < 1.29 is 17.6 Å². The van der Waals surface area contributed by atoms with E-state index < -0.39 is 9.84 Å². The van der Waals surface area contributed by atoms with Crippen molar-refractivity contribution in [3.05, 3.63) is 28.9 Å². The van der Waals surface area contributed by atoms with Gasteiger partial charge in [-0.1, -0.05) is 18.2 Å². The molecule has 1 atom stereocenters. The van der Waals surface area contributed by atoms with Crippen LogP contribution in [0.5, 0.6) is 0 Å². The van der Waals surface area contributed by atoms with Gasteiger partial charge in [-0.3, -0.25) is 9.69 Å². The highest BCUT2D eigenvalue weighted by Crippen LogP contribution is 2.30. The second-order valence-electron chi connectivity index (χ2n) is 8.22. The molecule has 0 amide bonds. The summed E-state index contributed by atoms with van der Waals surface area (Å²) in [5.74, 6) is 1.14. The average molecular weight is 453 g/mol. The van der Waals surface area contributed by atoms with Crippen molar-refractivity contribution in [2.24, 2.45) is 0 Å². The molecule has 0 bridgehead atoms. The predicted octanol–water partition coefficient (Wildman–Crippen LogP) is 2.81. The maximum absolute atomic E-state index is 12.8. The molecule has 2 aliphatic heterocycles. The number of nitrogens with zero attached hydrogens (tertiary/aromatic N) is 4. The van der Waals surface area contributed by atoms with E-state index in [0.717, 1.165) is 24.5 Å². The molecule has 0 radical (unpaired) electrons. The molecule has 30 heavy (non-hydrogen) atoms. The second kappa shape index (κ2) is 8.84. The first-order chi connectivity index (χ1) is 14.3. The molecule has 0 aliphatic carbocycles. The van der Waals surface area contributed by atoms with E-state index in [2.05, 4.69) is 15.1 Å². The fourth-order valence-electron chi connectivity index (χ4n) is 4.47. The topological polar surface area (TPSA) is 98.3 Å². The zero-order chi connectivity index (χ0) is 21.3. The average Bonchev–Trinajstić information content (AvgIpc) is 3.38. The standard InChI is InChI=1S/C20H28N4O4S2/c1-14-10-17(15(2)24(14)16-6-9-30(26,27)13-16)18(25)12-29-20-22-21-19(28-20)11-23-7-4-3-5-8-23/h10,16H,3-9,11-13H2,1-2H3/t16-/m1/s1. The van der Waals surface area contributed by atoms with Crippen molar-refractivity contribution in [1.29, 1.82) is 0 Å². The lowest BCUT2D eigenvalue weighted by molar-refractivity contribution is 0.102. The zero-order valence-electron chi connectivity index (χ0n) is 17.5. The van der Waals surface area contributed by atoms with Crippen LogP contribution in [0.2, 0.25) is 0 Å². The summed E-state index contributed by atoms with van der Waals surface area (Å²) in [7, 11) is -2.98. The van der Waals surface area contributed by atoms with Gasteiger partial charge in [0, 0.05) is 23.0 Å². The number of piperidine rings is 1. The van der Waals surface area contributed by atoms with E-state index in [0.29, 0.717) is 29.6 Å². The Morgan fingerprint density at radius 2 is 2.00 bits per heavy atom. The molecular formula is C20H28N4O4S2. The highest BCUT2D eigenvalue weighted by molar-refractivity contribution is 7.99. The molecule has 0 unspecified atom stereocenters. The molecule has 164 valence electrons. The summed E-state index contributed by atoms with van der Waals surface area (Å²) < 4.78 is 31.4. The van der Waals surface area contributed by atoms with Crippen molar-refractivity contribution in [2.45, 2.75) is 57.3 Å². The van der Waals surface area contributed by atoms with E-state index >= 15 is 0 Å². The van der Waals surface area contributed by atoms with Gasteiger partial charge in [0.2, 0.25) is 5.89 Å². The van der Waals surface area contributed by atoms with Gasteiger partial charge in [0.1, 0.15) is 0 Å². The number of aryl methyl sites for hydroxylation is 1. The number of rotatable bonds is 7. The van der Waals surface area contributed by atoms with Gasteiger partial charge in [-0.25, -0.2) is 8.42 Å². The minimum Gasteiger partial charge on any atom is -0.415 e. The van der Waals surface area contributed by atoms with E-state index in [-0.39, 0.29) is 29.1 Å². The SMILES string of the molecule is Cc1cc(C(=O)CSc2nnc(CN3CCCCC3)o2)c(C)n1[C@@H]1CCS(=O)(=O)C1. The number of aromatic nitrogens is 3. The third kappa shape index (κ3) is 4.81. The van der Waals surface area contributed by atoms with Crippen LogP contribution in [0.1, 0.15) is 59.4 Å². The summed E-state index contributed by atoms with van der Waals surface area (Å²) in [6.07, 6.45) is 4.29. The number of ketones is 1. The van der Waals surface area contributed by atoms with Gasteiger partial charge in [0.05, 0.1) is 23.8 Å². The Morgan fingerprint density at radius 1 is 1.23 bits per heavy atom. The molecule has 4 heterocycles. The number of thioether (sulfide) groups is 1. The molecule has 0 spiro atoms. The Kier molecular flexibility index (Phi) is 6.36. The minimum absolute atomic E-state index is 0.0176. The lowest BCUT2D eigenvalue weighted by atomic mass is 10.1. The molecular weight excluding hydrogens is 424 g/mol. The molecule has 2 aliphatic rings. The maximum Gasteiger partial charge on any atom is 0.277 e. The first-order valence-corrected chi connectivity index (χ1v) is 13.2. The van der Waals surface area contributed by atoms with Crippen LogP contribution in [0.3, 0.4) is 0 Å². The Morgan fingerprint density at radius 3 is 2.70 bits per heavy atom. The Bertz CT molecular complexity index is 1020. The van der Waals surface area contributed by atoms with Crippen molar-refractivity contribution >= 4 is 27.4 Å². The molecule has 10 heteroatoms. The molecule has 2 aromatic heterocycles. The Labute approximate surface area is 181 Å². The molecule has 2 fully saturated rings. The summed E-state index contributed by atoms with van der Waals surface area (Å²) in [5.41, 5.74) is 2.39. The van der Waals surface area contributed by atoms with Crippen molar-refractivity contribution in [3.63, 3.8) is 0 Å². The highest BCUT2D eigenvalue weighted by Gasteiger charge is 2.31. The van der Waals surface area contributed by atoms with Gasteiger partial charge in [-0.15, -0.1) is 10.2 Å². The van der Waals surface area contributed by atoms with Crippen LogP contribution in [0.25, 0.3) is 0 Å². The van der Waals surface area contributed by atoms with Crippen molar-refractivity contribution in [2.75, 3.05) is 30.3 Å². The first kappa shape index (κ1) is 21.6. The summed E-state index contributed by atoms with van der Waals surface area (Å²) in [4.78, 5) is 15.1. The molecule has 2 saturated heterocycles. The summed E-state index contributed by atoms with van der Waals surface area (Å²) in [6, 6.07) is 1.77. The van der Waals surface area contributed by atoms with Crippen LogP contribution < -0.4 is 0 Å². The fraction of sp³-hybridized carbons (Fsp3) is 0.650. The minimum atomic E-state index is -2.98. The zero-order valence-corrected chi connectivity index (χ0v) is 19.1. The number of hydrogen-bond acceptors (Lipinski definition) is 8. The van der Waals surface area contributed by atoms with Crippen molar-refractivity contribution in [1.82, 2.24) is 19.7 Å². The van der Waals surface area contributed by atoms with E-state index in [1.165, 1.54) is 31.0 Å². The van der Waals surface area contributed by atoms with Gasteiger partial charge >= 0.3 is 0 Å². The van der Waals surface area contributed by atoms with Gasteiger partial charge in [0.25, 0.3) is 5.22 Å². The largest absolute Gasteiger partial charge is 0.415 e. The lowest BCUT2D eigenvalue weighted by Gasteiger charge is -2.24. The monoisotopic (exact) mass is 452 g/mol. The molecule has 4 rings (SSSR count). The van der Waals surface area contributed by atoms with Crippen LogP contribution in [0.15, 0.2) is 15.7 Å². The van der Waals surface area contributed by atoms with Crippen LogP contribution in [0, 0.1) is 13.8 Å². The predicted molar refractivity (Wildman–Crippen MR) is 115 cm³/mol. The van der Waals surface area contributed by atoms with Crippen LogP contribution in [0.4, 0.5) is 0 Å². The molecule has 2 aromatic rings. The third-order valence-electron chi connectivity index (χ3n) is 5.94. The quantitative estimate of drug-likeness (QED) is 0.467. The number of hydrogen-bond donors (Lipinski definition) is 0. The van der Waals surface area contributed by atoms with Crippen LogP contribution in [-0.4, -0.2) is 64.2 Å². The van der Waals surface area contributed by atoms with E-state index in [9.17, 15) is 13.2 Å². The van der Waals surface area contributed by atoms with E-state index in [1.807, 2.05) is 24.5 Å². The summed E-state index contributed by atoms with van der Waals surface area (Å²) >= 11 is 1.25. The lowest BCUT2D eigenvalue weighted by Crippen LogP contribution is -2.29. The normalized spacial score (nSPS) is 21.9. The second-order valence-corrected chi connectivity index (χ2v) is 11.4. The van der Waals surface area contributed by atoms with Crippen molar-refractivity contribution in [3.8, 4) is 0 Å². The fourth-order valence-corrected chi connectivity index (χ4v) is 6.84. The van der Waals surface area contributed by atoms with E-state index in [1.54, 1.807) is 0 Å². The number of carbonyl (C=O) groups is 1. The van der Waals surface area contributed by atoms with Gasteiger partial charge in [-0.05, 0) is 52.3 Å².